The van der Waals surface area contributed by atoms with Crippen molar-refractivity contribution in [3.05, 3.63) is 0 Å². The first kappa shape index (κ1) is 12.8. The van der Waals surface area contributed by atoms with Gasteiger partial charge in [0.25, 0.3) is 0 Å². The molecule has 1 amide bonds. The molecular weight excluding hydrogens is 186 g/mol. The van der Waals surface area contributed by atoms with Crippen LogP contribution in [-0.4, -0.2) is 17.8 Å². The fraction of sp³-hybridized carbons (Fsp3) is 0.900. The minimum atomic E-state index is 0.0381. The minimum Gasteiger partial charge on any atom is -0.355 e. The summed E-state index contributed by atoms with van der Waals surface area (Å²) in [6.45, 7) is 8.73. The number of carbonyl (C=O) groups is 1. The number of rotatable bonds is 5. The zero-order valence-electron chi connectivity index (χ0n) is 8.93. The van der Waals surface area contributed by atoms with Crippen LogP contribution in [0.2, 0.25) is 0 Å². The van der Waals surface area contributed by atoms with Gasteiger partial charge >= 0.3 is 0 Å². The lowest BCUT2D eigenvalue weighted by atomic mass is 10.1. The molecule has 0 aliphatic heterocycles. The van der Waals surface area contributed by atoms with E-state index in [0.29, 0.717) is 24.8 Å². The molecule has 0 radical (unpaired) electrons. The standard InChI is InChI=1S/C10H20ClNO/c1-7(2)5-10(13)12-6-9(11)8(3)4/h7-9H,5-6H2,1-4H3,(H,12,13). The first-order chi connectivity index (χ1) is 5.93. The molecule has 0 rings (SSSR count). The Bertz CT molecular complexity index is 157. The highest BCUT2D eigenvalue weighted by Gasteiger charge is 2.11. The zero-order valence-corrected chi connectivity index (χ0v) is 9.69. The third-order valence-corrected chi connectivity index (χ3v) is 2.47. The molecule has 1 atom stereocenters. The number of hydrogen-bond acceptors (Lipinski definition) is 1. The highest BCUT2D eigenvalue weighted by molar-refractivity contribution is 6.21. The normalized spacial score (nSPS) is 13.5. The minimum absolute atomic E-state index is 0.0381. The number of carbonyl (C=O) groups excluding carboxylic acids is 1. The van der Waals surface area contributed by atoms with Crippen LogP contribution in [0.25, 0.3) is 0 Å². The Hall–Kier alpha value is -0.240. The van der Waals surface area contributed by atoms with Crippen LogP contribution in [0, 0.1) is 11.8 Å². The Morgan fingerprint density at radius 1 is 1.31 bits per heavy atom. The maximum absolute atomic E-state index is 11.2. The van der Waals surface area contributed by atoms with E-state index >= 15 is 0 Å². The fourth-order valence-electron chi connectivity index (χ4n) is 0.890. The molecule has 1 unspecified atom stereocenters. The molecule has 0 aromatic rings. The summed E-state index contributed by atoms with van der Waals surface area (Å²) >= 11 is 5.98. The van der Waals surface area contributed by atoms with Gasteiger partial charge in [-0.05, 0) is 11.8 Å². The quantitative estimate of drug-likeness (QED) is 0.687. The molecule has 0 aliphatic rings. The van der Waals surface area contributed by atoms with Gasteiger partial charge in [-0.3, -0.25) is 4.79 Å². The van der Waals surface area contributed by atoms with Crippen LogP contribution in [0.15, 0.2) is 0 Å². The van der Waals surface area contributed by atoms with E-state index in [-0.39, 0.29) is 11.3 Å². The van der Waals surface area contributed by atoms with Gasteiger partial charge in [0.05, 0.1) is 5.38 Å². The molecule has 2 nitrogen and oxygen atoms in total. The average molecular weight is 206 g/mol. The molecule has 0 saturated heterocycles. The number of alkyl halides is 1. The zero-order chi connectivity index (χ0) is 10.4. The second-order valence-electron chi connectivity index (χ2n) is 4.16. The van der Waals surface area contributed by atoms with Crippen molar-refractivity contribution in [3.8, 4) is 0 Å². The van der Waals surface area contributed by atoms with Crippen LogP contribution in [0.1, 0.15) is 34.1 Å². The van der Waals surface area contributed by atoms with Gasteiger partial charge in [-0.1, -0.05) is 27.7 Å². The first-order valence-corrected chi connectivity index (χ1v) is 5.28. The van der Waals surface area contributed by atoms with Gasteiger partial charge in [-0.25, -0.2) is 0 Å². The predicted molar refractivity (Wildman–Crippen MR) is 56.9 cm³/mol. The molecule has 78 valence electrons. The fourth-order valence-corrected chi connectivity index (χ4v) is 0.967. The van der Waals surface area contributed by atoms with Crippen molar-refractivity contribution in [2.45, 2.75) is 39.5 Å². The van der Waals surface area contributed by atoms with Crippen molar-refractivity contribution in [2.24, 2.45) is 11.8 Å². The molecule has 1 N–H and O–H groups in total. The van der Waals surface area contributed by atoms with Crippen LogP contribution in [0.3, 0.4) is 0 Å². The number of nitrogens with one attached hydrogen (secondary N) is 1. The van der Waals surface area contributed by atoms with E-state index in [2.05, 4.69) is 5.32 Å². The van der Waals surface area contributed by atoms with Gasteiger partial charge in [0.15, 0.2) is 0 Å². The molecule has 0 fully saturated rings. The van der Waals surface area contributed by atoms with Gasteiger partial charge in [0, 0.05) is 13.0 Å². The number of hydrogen-bond donors (Lipinski definition) is 1. The molecule has 0 spiro atoms. The van der Waals surface area contributed by atoms with Gasteiger partial charge in [-0.2, -0.15) is 0 Å². The average Bonchev–Trinajstić information content (AvgIpc) is 1.98. The molecule has 0 saturated carbocycles. The van der Waals surface area contributed by atoms with Crippen molar-refractivity contribution in [1.82, 2.24) is 5.32 Å². The molecule has 0 aliphatic carbocycles. The summed E-state index contributed by atoms with van der Waals surface area (Å²) in [5.41, 5.74) is 0. The second kappa shape index (κ2) is 6.25. The summed E-state index contributed by atoms with van der Waals surface area (Å²) < 4.78 is 0. The highest BCUT2D eigenvalue weighted by Crippen LogP contribution is 2.08. The van der Waals surface area contributed by atoms with E-state index in [1.54, 1.807) is 0 Å². The van der Waals surface area contributed by atoms with E-state index in [9.17, 15) is 4.79 Å². The molecule has 0 aromatic heterocycles. The van der Waals surface area contributed by atoms with Crippen LogP contribution in [0.4, 0.5) is 0 Å². The van der Waals surface area contributed by atoms with Gasteiger partial charge in [0.2, 0.25) is 5.91 Å². The maximum Gasteiger partial charge on any atom is 0.220 e. The molecule has 0 aromatic carbocycles. The van der Waals surface area contributed by atoms with E-state index in [0.717, 1.165) is 0 Å². The SMILES string of the molecule is CC(C)CC(=O)NCC(Cl)C(C)C. The maximum atomic E-state index is 11.2. The summed E-state index contributed by atoms with van der Waals surface area (Å²) in [6.07, 6.45) is 0.585. The third-order valence-electron chi connectivity index (χ3n) is 1.81. The smallest absolute Gasteiger partial charge is 0.220 e. The van der Waals surface area contributed by atoms with Gasteiger partial charge in [0.1, 0.15) is 0 Å². The molecule has 13 heavy (non-hydrogen) atoms. The summed E-state index contributed by atoms with van der Waals surface area (Å²) in [5, 5.41) is 2.86. The van der Waals surface area contributed by atoms with Gasteiger partial charge < -0.3 is 5.32 Å². The van der Waals surface area contributed by atoms with Crippen LogP contribution in [0.5, 0.6) is 0 Å². The molecule has 0 bridgehead atoms. The Kier molecular flexibility index (Phi) is 6.13. The largest absolute Gasteiger partial charge is 0.355 e. The van der Waals surface area contributed by atoms with E-state index in [1.807, 2.05) is 27.7 Å². The van der Waals surface area contributed by atoms with Crippen molar-refractivity contribution in [1.29, 1.82) is 0 Å². The van der Waals surface area contributed by atoms with Crippen molar-refractivity contribution >= 4 is 17.5 Å². The van der Waals surface area contributed by atoms with Gasteiger partial charge in [-0.15, -0.1) is 11.6 Å². The third kappa shape index (κ3) is 6.88. The lowest BCUT2D eigenvalue weighted by Gasteiger charge is -2.14. The Balaban J connectivity index is 3.58. The predicted octanol–water partition coefficient (Wildman–Crippen LogP) is 2.41. The van der Waals surface area contributed by atoms with E-state index < -0.39 is 0 Å². The topological polar surface area (TPSA) is 29.1 Å². The van der Waals surface area contributed by atoms with Crippen LogP contribution >= 0.6 is 11.6 Å². The Morgan fingerprint density at radius 3 is 2.23 bits per heavy atom. The van der Waals surface area contributed by atoms with Crippen molar-refractivity contribution < 1.29 is 4.79 Å². The van der Waals surface area contributed by atoms with Crippen molar-refractivity contribution in [3.63, 3.8) is 0 Å². The summed E-state index contributed by atoms with van der Waals surface area (Å²) in [4.78, 5) is 11.2. The second-order valence-corrected chi connectivity index (χ2v) is 4.72. The summed E-state index contributed by atoms with van der Waals surface area (Å²) in [7, 11) is 0. The number of halogens is 1. The lowest BCUT2D eigenvalue weighted by Crippen LogP contribution is -2.32. The monoisotopic (exact) mass is 205 g/mol. The number of amides is 1. The molecular formula is C10H20ClNO. The highest BCUT2D eigenvalue weighted by atomic mass is 35.5. The van der Waals surface area contributed by atoms with Crippen LogP contribution < -0.4 is 5.32 Å². The Labute approximate surface area is 86.0 Å². The van der Waals surface area contributed by atoms with Crippen molar-refractivity contribution in [2.75, 3.05) is 6.54 Å². The first-order valence-electron chi connectivity index (χ1n) is 4.84. The lowest BCUT2D eigenvalue weighted by molar-refractivity contribution is -0.121. The van der Waals surface area contributed by atoms with Crippen LogP contribution in [-0.2, 0) is 4.79 Å². The molecule has 3 heteroatoms. The van der Waals surface area contributed by atoms with E-state index in [4.69, 9.17) is 11.6 Å². The summed E-state index contributed by atoms with van der Waals surface area (Å²) in [5.74, 6) is 0.912. The molecule has 0 heterocycles. The van der Waals surface area contributed by atoms with E-state index in [1.165, 1.54) is 0 Å². The Morgan fingerprint density at radius 2 is 1.85 bits per heavy atom. The summed E-state index contributed by atoms with van der Waals surface area (Å²) in [6, 6.07) is 0.